The molecule has 0 unspecified atom stereocenters. The van der Waals surface area contributed by atoms with Gasteiger partial charge in [0.1, 0.15) is 11.6 Å². The van der Waals surface area contributed by atoms with Gasteiger partial charge in [0.25, 0.3) is 0 Å². The van der Waals surface area contributed by atoms with Crippen molar-refractivity contribution in [2.24, 2.45) is 0 Å². The number of fused-ring (bicyclic) bond motifs is 1. The summed E-state index contributed by atoms with van der Waals surface area (Å²) in [5, 5.41) is 2.74. The third-order valence-electron chi connectivity index (χ3n) is 6.00. The molecule has 1 aliphatic heterocycles. The Labute approximate surface area is 215 Å². The Morgan fingerprint density at radius 3 is 2.57 bits per heavy atom. The van der Waals surface area contributed by atoms with E-state index in [0.717, 1.165) is 12.1 Å². The third-order valence-corrected chi connectivity index (χ3v) is 8.15. The highest BCUT2D eigenvalue weighted by molar-refractivity contribution is 7.89. The Kier molecular flexibility index (Phi) is 7.50. The van der Waals surface area contributed by atoms with Gasteiger partial charge in [-0.3, -0.25) is 4.79 Å². The number of hydrogen-bond donors (Lipinski definition) is 1. The molecule has 0 atom stereocenters. The van der Waals surface area contributed by atoms with Crippen LogP contribution in [0.25, 0.3) is 0 Å². The lowest BCUT2D eigenvalue weighted by Crippen LogP contribution is -2.36. The van der Waals surface area contributed by atoms with Crippen LogP contribution in [0.2, 0.25) is 5.02 Å². The second-order valence-corrected chi connectivity index (χ2v) is 10.7. The van der Waals surface area contributed by atoms with E-state index in [0.29, 0.717) is 22.9 Å². The van der Waals surface area contributed by atoms with Crippen LogP contribution in [0.15, 0.2) is 59.5 Å². The number of carbonyl (C=O) groups excluding carboxylic acids is 1. The molecule has 1 heterocycles. The topological polar surface area (TPSA) is 75.7 Å². The Morgan fingerprint density at radius 1 is 1.14 bits per heavy atom. The first-order valence-electron chi connectivity index (χ1n) is 11.0. The van der Waals surface area contributed by atoms with Crippen molar-refractivity contribution in [2.75, 3.05) is 19.0 Å². The Bertz CT molecular complexity index is 1460. The predicted molar refractivity (Wildman–Crippen MR) is 129 cm³/mol. The van der Waals surface area contributed by atoms with Gasteiger partial charge in [0.15, 0.2) is 0 Å². The second-order valence-electron chi connectivity index (χ2n) is 8.33. The molecule has 1 N–H and O–H groups in total. The Balaban J connectivity index is 1.56. The minimum Gasteiger partial charge on any atom is -0.497 e. The Morgan fingerprint density at radius 2 is 1.86 bits per heavy atom. The molecule has 196 valence electrons. The van der Waals surface area contributed by atoms with Crippen molar-refractivity contribution in [3.05, 3.63) is 87.7 Å². The van der Waals surface area contributed by atoms with Gasteiger partial charge in [-0.15, -0.1) is 0 Å². The van der Waals surface area contributed by atoms with Crippen LogP contribution in [0.3, 0.4) is 0 Å². The van der Waals surface area contributed by atoms with Gasteiger partial charge in [0.2, 0.25) is 15.9 Å². The summed E-state index contributed by atoms with van der Waals surface area (Å²) in [7, 11) is -2.41. The first-order valence-corrected chi connectivity index (χ1v) is 12.8. The maximum atomic E-state index is 14.4. The lowest BCUT2D eigenvalue weighted by molar-refractivity contribution is -0.140. The minimum atomic E-state index is -4.89. The molecule has 0 aliphatic carbocycles. The van der Waals surface area contributed by atoms with E-state index in [1.165, 1.54) is 29.6 Å². The standard InChI is InChI=1S/C25H21ClF4N2O4S/c1-36-17-5-3-6-18(13-17)37(34,35)32-11-10-19-16(14-32)8-9-21(26)24(19)31-22(33)12-15-4-2-7-20(23(15)27)25(28,29)30/h2-9,13H,10-12,14H2,1H3,(H,31,33). The fraction of sp³-hybridized carbons (Fsp3) is 0.240. The molecule has 0 radical (unpaired) electrons. The number of nitrogens with one attached hydrogen (secondary N) is 1. The number of alkyl halides is 3. The largest absolute Gasteiger partial charge is 0.497 e. The van der Waals surface area contributed by atoms with Crippen molar-refractivity contribution in [3.8, 4) is 5.75 Å². The van der Waals surface area contributed by atoms with E-state index in [9.17, 15) is 30.8 Å². The normalized spacial score (nSPS) is 14.2. The van der Waals surface area contributed by atoms with E-state index < -0.39 is 45.5 Å². The van der Waals surface area contributed by atoms with E-state index in [2.05, 4.69) is 5.32 Å². The number of benzene rings is 3. The predicted octanol–water partition coefficient (Wildman–Crippen LogP) is 5.43. The number of nitrogens with zero attached hydrogens (tertiary/aromatic N) is 1. The lowest BCUT2D eigenvalue weighted by atomic mass is 9.98. The minimum absolute atomic E-state index is 0.0111. The highest BCUT2D eigenvalue weighted by Crippen LogP contribution is 2.36. The zero-order chi connectivity index (χ0) is 27.0. The smallest absolute Gasteiger partial charge is 0.419 e. The second kappa shape index (κ2) is 10.3. The molecule has 37 heavy (non-hydrogen) atoms. The highest BCUT2D eigenvalue weighted by Gasteiger charge is 2.35. The first-order chi connectivity index (χ1) is 17.4. The maximum Gasteiger partial charge on any atom is 0.419 e. The molecule has 3 aromatic carbocycles. The molecule has 3 aromatic rings. The fourth-order valence-corrected chi connectivity index (χ4v) is 5.82. The van der Waals surface area contributed by atoms with Crippen LogP contribution in [0.1, 0.15) is 22.3 Å². The molecule has 6 nitrogen and oxygen atoms in total. The van der Waals surface area contributed by atoms with Crippen LogP contribution in [-0.2, 0) is 40.4 Å². The zero-order valence-electron chi connectivity index (χ0n) is 19.4. The molecule has 0 fully saturated rings. The van der Waals surface area contributed by atoms with Crippen LogP contribution in [0, 0.1) is 5.82 Å². The average Bonchev–Trinajstić information content (AvgIpc) is 2.86. The van der Waals surface area contributed by atoms with Crippen molar-refractivity contribution < 1.29 is 35.5 Å². The monoisotopic (exact) mass is 556 g/mol. The van der Waals surface area contributed by atoms with Crippen molar-refractivity contribution in [2.45, 2.75) is 30.5 Å². The summed E-state index contributed by atoms with van der Waals surface area (Å²) >= 11 is 6.30. The quantitative estimate of drug-likeness (QED) is 0.411. The molecule has 12 heteroatoms. The number of methoxy groups -OCH3 is 1. The third kappa shape index (κ3) is 5.58. The van der Waals surface area contributed by atoms with Gasteiger partial charge in [0.05, 0.1) is 34.7 Å². The molecular formula is C25H21ClF4N2O4S. The van der Waals surface area contributed by atoms with Gasteiger partial charge in [0, 0.05) is 19.2 Å². The fourth-order valence-electron chi connectivity index (χ4n) is 4.14. The zero-order valence-corrected chi connectivity index (χ0v) is 21.0. The average molecular weight is 557 g/mol. The van der Waals surface area contributed by atoms with E-state index in [1.54, 1.807) is 18.2 Å². The molecular weight excluding hydrogens is 536 g/mol. The molecule has 1 amide bonds. The molecule has 0 saturated heterocycles. The van der Waals surface area contributed by atoms with Crippen LogP contribution >= 0.6 is 11.6 Å². The first kappa shape index (κ1) is 26.9. The number of hydrogen-bond acceptors (Lipinski definition) is 4. The highest BCUT2D eigenvalue weighted by atomic mass is 35.5. The Hall–Kier alpha value is -3.15. The summed E-state index contributed by atoms with van der Waals surface area (Å²) in [6.07, 6.45) is -5.33. The summed E-state index contributed by atoms with van der Waals surface area (Å²) in [5.74, 6) is -1.88. The van der Waals surface area contributed by atoms with E-state index in [1.807, 2.05) is 0 Å². The van der Waals surface area contributed by atoms with Crippen LogP contribution in [0.4, 0.5) is 23.2 Å². The molecule has 1 aliphatic rings. The number of halogens is 5. The van der Waals surface area contributed by atoms with Crippen LogP contribution < -0.4 is 10.1 Å². The molecule has 4 rings (SSSR count). The van der Waals surface area contributed by atoms with Crippen molar-refractivity contribution >= 4 is 33.2 Å². The van der Waals surface area contributed by atoms with Crippen molar-refractivity contribution in [1.82, 2.24) is 4.31 Å². The number of sulfonamides is 1. The SMILES string of the molecule is COc1cccc(S(=O)(=O)N2CCc3c(ccc(Cl)c3NC(=O)Cc3cccc(C(F)(F)F)c3F)C2)c1. The van der Waals surface area contributed by atoms with E-state index in [-0.39, 0.29) is 35.1 Å². The molecule has 0 bridgehead atoms. The maximum absolute atomic E-state index is 14.4. The number of ether oxygens (including phenoxy) is 1. The van der Waals surface area contributed by atoms with Crippen LogP contribution in [0.5, 0.6) is 5.75 Å². The van der Waals surface area contributed by atoms with Crippen molar-refractivity contribution in [1.29, 1.82) is 0 Å². The molecule has 0 aromatic heterocycles. The summed E-state index contributed by atoms with van der Waals surface area (Å²) < 4.78 is 86.2. The van der Waals surface area contributed by atoms with E-state index in [4.69, 9.17) is 16.3 Å². The van der Waals surface area contributed by atoms with Gasteiger partial charge in [-0.25, -0.2) is 12.8 Å². The molecule has 0 saturated carbocycles. The van der Waals surface area contributed by atoms with Gasteiger partial charge in [-0.1, -0.05) is 35.9 Å². The lowest BCUT2D eigenvalue weighted by Gasteiger charge is -2.30. The van der Waals surface area contributed by atoms with Gasteiger partial charge in [-0.05, 0) is 47.4 Å². The van der Waals surface area contributed by atoms with E-state index >= 15 is 0 Å². The number of carbonyl (C=O) groups is 1. The van der Waals surface area contributed by atoms with Gasteiger partial charge in [-0.2, -0.15) is 17.5 Å². The summed E-state index contributed by atoms with van der Waals surface area (Å²) in [6, 6.07) is 12.0. The summed E-state index contributed by atoms with van der Waals surface area (Å²) in [6.45, 7) is 0.106. The number of amides is 1. The van der Waals surface area contributed by atoms with Crippen LogP contribution in [-0.4, -0.2) is 32.3 Å². The summed E-state index contributed by atoms with van der Waals surface area (Å²) in [4.78, 5) is 12.7. The van der Waals surface area contributed by atoms with Gasteiger partial charge >= 0.3 is 6.18 Å². The van der Waals surface area contributed by atoms with Gasteiger partial charge < -0.3 is 10.1 Å². The molecule has 0 spiro atoms. The number of anilines is 1. The summed E-state index contributed by atoms with van der Waals surface area (Å²) in [5.41, 5.74) is -0.450. The number of rotatable bonds is 6. The van der Waals surface area contributed by atoms with Crippen molar-refractivity contribution in [3.63, 3.8) is 0 Å².